The molecule has 0 spiro atoms. The van der Waals surface area contributed by atoms with Crippen LogP contribution < -0.4 is 15.6 Å². The van der Waals surface area contributed by atoms with E-state index in [-0.39, 0.29) is 22.2 Å². The molecule has 0 bridgehead atoms. The molecule has 180 valence electrons. The molecule has 5 heterocycles. The van der Waals surface area contributed by atoms with E-state index in [1.807, 2.05) is 45.9 Å². The van der Waals surface area contributed by atoms with Crippen molar-refractivity contribution in [2.75, 3.05) is 18.6 Å². The van der Waals surface area contributed by atoms with Crippen LogP contribution in [-0.2, 0) is 25.8 Å². The summed E-state index contributed by atoms with van der Waals surface area (Å²) in [6.07, 6.45) is 5.67. The average molecular weight is 515 g/mol. The summed E-state index contributed by atoms with van der Waals surface area (Å²) in [5.41, 5.74) is 7.26. The summed E-state index contributed by atoms with van der Waals surface area (Å²) in [5.74, 6) is -1.97. The molecule has 0 radical (unpaired) electrons. The standard InChI is InChI=1S/C21H19N7O5S2/c1-33-25-14(13-9-35-21(22)23-13)17(29)24-15-18(30)28-16(20(31)32)11(8-34-19(15)28)6-26-7-12-4-2-3-5-27(12)10-26/h2-5,7,9-10,15,19H,6,8H2,1H3,(H3-,22,23,24,29,31,32)/p+1/b25-14-/t15?,19-/m1/s1. The number of oxime groups is 1. The second-order valence-electron chi connectivity index (χ2n) is 7.76. The van der Waals surface area contributed by atoms with Crippen LogP contribution in [0.1, 0.15) is 5.69 Å². The highest BCUT2D eigenvalue weighted by Crippen LogP contribution is 2.40. The Hall–Kier alpha value is -3.91. The lowest BCUT2D eigenvalue weighted by atomic mass is 10.0. The van der Waals surface area contributed by atoms with Crippen molar-refractivity contribution in [3.8, 4) is 0 Å². The van der Waals surface area contributed by atoms with Crippen molar-refractivity contribution in [1.82, 2.24) is 19.6 Å². The Morgan fingerprint density at radius 3 is 2.94 bits per heavy atom. The highest BCUT2D eigenvalue weighted by molar-refractivity contribution is 8.00. The largest absolute Gasteiger partial charge is 0.477 e. The Balaban J connectivity index is 1.36. The van der Waals surface area contributed by atoms with Gasteiger partial charge in [0.05, 0.1) is 6.20 Å². The molecular weight excluding hydrogens is 494 g/mol. The minimum atomic E-state index is -1.19. The summed E-state index contributed by atoms with van der Waals surface area (Å²) in [6.45, 7) is 0.319. The summed E-state index contributed by atoms with van der Waals surface area (Å²) >= 11 is 2.53. The molecule has 3 aromatic heterocycles. The molecule has 2 aliphatic heterocycles. The van der Waals surface area contributed by atoms with Gasteiger partial charge in [0.25, 0.3) is 11.8 Å². The second kappa shape index (κ2) is 9.03. The monoisotopic (exact) mass is 514 g/mol. The van der Waals surface area contributed by atoms with Crippen LogP contribution in [-0.4, -0.2) is 67.2 Å². The third-order valence-corrected chi connectivity index (χ3v) is 7.58. The average Bonchev–Trinajstić information content (AvgIpc) is 3.45. The summed E-state index contributed by atoms with van der Waals surface area (Å²) in [5, 5.41) is 17.5. The van der Waals surface area contributed by atoms with Gasteiger partial charge in [0.1, 0.15) is 42.7 Å². The lowest BCUT2D eigenvalue weighted by Crippen LogP contribution is -2.71. The van der Waals surface area contributed by atoms with Crippen molar-refractivity contribution < 1.29 is 28.9 Å². The predicted octanol–water partition coefficient (Wildman–Crippen LogP) is 0.0548. The number of anilines is 1. The van der Waals surface area contributed by atoms with Crippen LogP contribution in [0.2, 0.25) is 0 Å². The molecule has 2 aliphatic rings. The molecule has 14 heteroatoms. The first-order valence-electron chi connectivity index (χ1n) is 10.4. The van der Waals surface area contributed by atoms with E-state index < -0.39 is 29.2 Å². The van der Waals surface area contributed by atoms with E-state index in [0.29, 0.717) is 17.9 Å². The van der Waals surface area contributed by atoms with Crippen LogP contribution in [0.25, 0.3) is 5.52 Å². The first-order chi connectivity index (χ1) is 16.9. The molecule has 3 aromatic rings. The highest BCUT2D eigenvalue weighted by Gasteiger charge is 2.54. The van der Waals surface area contributed by atoms with Gasteiger partial charge in [-0.25, -0.2) is 18.7 Å². The Bertz CT molecular complexity index is 1380. The van der Waals surface area contributed by atoms with E-state index in [9.17, 15) is 19.5 Å². The van der Waals surface area contributed by atoms with Crippen molar-refractivity contribution in [2.24, 2.45) is 5.16 Å². The van der Waals surface area contributed by atoms with E-state index in [0.717, 1.165) is 16.9 Å². The van der Waals surface area contributed by atoms with Gasteiger partial charge >= 0.3 is 5.97 Å². The molecule has 5 rings (SSSR count). The number of amides is 2. The number of β-lactam (4-membered cyclic amide) rings is 1. The van der Waals surface area contributed by atoms with E-state index in [4.69, 9.17) is 10.6 Å². The number of nitrogens with two attached hydrogens (primary N) is 1. The van der Waals surface area contributed by atoms with E-state index in [2.05, 4.69) is 15.5 Å². The third kappa shape index (κ3) is 4.10. The number of pyridine rings is 1. The number of nitrogens with one attached hydrogen (secondary N) is 1. The number of fused-ring (bicyclic) bond motifs is 2. The fourth-order valence-electron chi connectivity index (χ4n) is 4.06. The topological polar surface area (TPSA) is 156 Å². The maximum atomic E-state index is 13.0. The van der Waals surface area contributed by atoms with E-state index >= 15 is 0 Å². The summed E-state index contributed by atoms with van der Waals surface area (Å²) in [6, 6.07) is 4.86. The molecule has 2 amide bonds. The van der Waals surface area contributed by atoms with Crippen LogP contribution in [0.15, 0.2) is 58.7 Å². The highest BCUT2D eigenvalue weighted by atomic mass is 32.2. The minimum absolute atomic E-state index is 0.0509. The number of thioether (sulfide) groups is 1. The molecule has 0 aromatic carbocycles. The quantitative estimate of drug-likeness (QED) is 0.173. The molecule has 2 atom stereocenters. The number of carboxylic acids is 1. The van der Waals surface area contributed by atoms with Gasteiger partial charge in [-0.15, -0.1) is 23.1 Å². The number of thiazole rings is 1. The van der Waals surface area contributed by atoms with Crippen molar-refractivity contribution in [1.29, 1.82) is 0 Å². The number of nitrogen functional groups attached to an aromatic ring is 1. The summed E-state index contributed by atoms with van der Waals surface area (Å²) in [7, 11) is 1.29. The molecule has 1 saturated heterocycles. The van der Waals surface area contributed by atoms with Gasteiger partial charge in [0.15, 0.2) is 16.4 Å². The number of imidazole rings is 1. The Labute approximate surface area is 206 Å². The number of hydrogen-bond acceptors (Lipinski definition) is 9. The molecule has 1 fully saturated rings. The van der Waals surface area contributed by atoms with Crippen LogP contribution >= 0.6 is 23.1 Å². The lowest BCUT2D eigenvalue weighted by molar-refractivity contribution is -0.687. The Kier molecular flexibility index (Phi) is 5.90. The van der Waals surface area contributed by atoms with Crippen LogP contribution in [0.3, 0.4) is 0 Å². The van der Waals surface area contributed by atoms with E-state index in [1.54, 1.807) is 5.38 Å². The summed E-state index contributed by atoms with van der Waals surface area (Å²) in [4.78, 5) is 48.0. The van der Waals surface area contributed by atoms with E-state index in [1.165, 1.54) is 23.8 Å². The van der Waals surface area contributed by atoms with Gasteiger partial charge in [-0.3, -0.25) is 14.5 Å². The van der Waals surface area contributed by atoms with Crippen molar-refractivity contribution >= 4 is 57.2 Å². The maximum Gasteiger partial charge on any atom is 0.352 e. The van der Waals surface area contributed by atoms with Crippen molar-refractivity contribution in [3.63, 3.8) is 0 Å². The van der Waals surface area contributed by atoms with Gasteiger partial charge in [0, 0.05) is 16.7 Å². The zero-order valence-electron chi connectivity index (χ0n) is 18.3. The van der Waals surface area contributed by atoms with Crippen LogP contribution in [0.4, 0.5) is 5.13 Å². The number of carboxylic acid groups (broad SMARTS) is 1. The molecular formula is C21H20N7O5S2+. The van der Waals surface area contributed by atoms with Gasteiger partial charge < -0.3 is 21.0 Å². The zero-order chi connectivity index (χ0) is 24.7. The molecule has 12 nitrogen and oxygen atoms in total. The number of hydrogen-bond donors (Lipinski definition) is 3. The fraction of sp³-hybridized carbons (Fsp3) is 0.238. The second-order valence-corrected chi connectivity index (χ2v) is 9.76. The number of nitrogens with zero attached hydrogens (tertiary/aromatic N) is 5. The van der Waals surface area contributed by atoms with Crippen LogP contribution in [0.5, 0.6) is 0 Å². The summed E-state index contributed by atoms with van der Waals surface area (Å²) < 4.78 is 3.81. The smallest absolute Gasteiger partial charge is 0.352 e. The van der Waals surface area contributed by atoms with Gasteiger partial charge in [-0.05, 0) is 12.1 Å². The first-order valence-corrected chi connectivity index (χ1v) is 12.3. The number of aromatic nitrogens is 3. The van der Waals surface area contributed by atoms with Crippen LogP contribution in [0, 0.1) is 0 Å². The zero-order valence-corrected chi connectivity index (χ0v) is 20.0. The molecule has 4 N–H and O–H groups in total. The Morgan fingerprint density at radius 2 is 2.26 bits per heavy atom. The van der Waals surface area contributed by atoms with Crippen molar-refractivity contribution in [2.45, 2.75) is 18.0 Å². The number of carbonyl (C=O) groups is 3. The van der Waals surface area contributed by atoms with Gasteiger partial charge in [0.2, 0.25) is 6.33 Å². The predicted molar refractivity (Wildman–Crippen MR) is 127 cm³/mol. The maximum absolute atomic E-state index is 13.0. The molecule has 35 heavy (non-hydrogen) atoms. The molecule has 1 unspecified atom stereocenters. The van der Waals surface area contributed by atoms with Crippen molar-refractivity contribution in [3.05, 3.63) is 59.3 Å². The van der Waals surface area contributed by atoms with Gasteiger partial charge in [-0.2, -0.15) is 0 Å². The number of carbonyl (C=O) groups excluding carboxylic acids is 2. The molecule has 0 saturated carbocycles. The lowest BCUT2D eigenvalue weighted by Gasteiger charge is -2.49. The third-order valence-electron chi connectivity index (χ3n) is 5.57. The minimum Gasteiger partial charge on any atom is -0.477 e. The van der Waals surface area contributed by atoms with Gasteiger partial charge in [-0.1, -0.05) is 11.2 Å². The number of aliphatic carboxylic acids is 1. The number of rotatable bonds is 7. The normalized spacial score (nSPS) is 20.0. The fourth-order valence-corrected chi connectivity index (χ4v) is 5.94. The molecule has 0 aliphatic carbocycles. The first kappa shape index (κ1) is 22.9. The SMILES string of the molecule is CO/N=C(\C(=O)NC1C(=O)N2C(C(=O)O)=C(C[n+]3cc4ccccn4c3)CS[C@H]12)c1csc(N)n1. The Morgan fingerprint density at radius 1 is 1.43 bits per heavy atom.